The van der Waals surface area contributed by atoms with E-state index in [2.05, 4.69) is 37.5 Å². The molecular formula is C11H15ClIN3. The van der Waals surface area contributed by atoms with Crippen LogP contribution in [-0.4, -0.2) is 28.9 Å². The summed E-state index contributed by atoms with van der Waals surface area (Å²) < 4.78 is 1.08. The minimum atomic E-state index is 0.703. The van der Waals surface area contributed by atoms with Gasteiger partial charge in [0.1, 0.15) is 0 Å². The van der Waals surface area contributed by atoms with Gasteiger partial charge in [0.2, 0.25) is 5.95 Å². The molecule has 1 aromatic heterocycles. The van der Waals surface area contributed by atoms with E-state index in [1.54, 1.807) is 0 Å². The second-order valence-corrected chi connectivity index (χ2v) is 5.76. The molecule has 0 bridgehead atoms. The highest BCUT2D eigenvalue weighted by molar-refractivity contribution is 14.1. The van der Waals surface area contributed by atoms with Crippen LogP contribution < -0.4 is 4.90 Å². The predicted octanol–water partition coefficient (Wildman–Crippen LogP) is 2.93. The van der Waals surface area contributed by atoms with Crippen LogP contribution in [0.4, 0.5) is 5.95 Å². The third-order valence-electron chi connectivity index (χ3n) is 2.93. The Balaban J connectivity index is 2.01. The number of piperidine rings is 1. The van der Waals surface area contributed by atoms with Crippen LogP contribution >= 0.6 is 34.2 Å². The van der Waals surface area contributed by atoms with E-state index in [-0.39, 0.29) is 0 Å². The molecule has 0 amide bonds. The molecule has 0 aromatic carbocycles. The van der Waals surface area contributed by atoms with Crippen LogP contribution in [0.5, 0.6) is 0 Å². The number of aromatic nitrogens is 2. The number of anilines is 1. The van der Waals surface area contributed by atoms with E-state index in [0.29, 0.717) is 5.92 Å². The Hall–Kier alpha value is -0.100. The molecule has 3 nitrogen and oxygen atoms in total. The standard InChI is InChI=1S/C11H15ClIN3/c12-4-3-9-2-1-5-16(8-9)11-14-6-10(13)7-15-11/h6-7,9H,1-5,8H2. The molecule has 88 valence electrons. The first-order chi connectivity index (χ1) is 7.79. The number of hydrogen-bond acceptors (Lipinski definition) is 3. The lowest BCUT2D eigenvalue weighted by molar-refractivity contribution is 0.402. The molecule has 1 atom stereocenters. The average Bonchev–Trinajstić information content (AvgIpc) is 2.31. The van der Waals surface area contributed by atoms with Crippen molar-refractivity contribution in [2.45, 2.75) is 19.3 Å². The van der Waals surface area contributed by atoms with Gasteiger partial charge >= 0.3 is 0 Å². The number of hydrogen-bond donors (Lipinski definition) is 0. The Morgan fingerprint density at radius 1 is 1.44 bits per heavy atom. The van der Waals surface area contributed by atoms with Gasteiger partial charge in [0.05, 0.1) is 0 Å². The maximum atomic E-state index is 5.80. The van der Waals surface area contributed by atoms with Crippen molar-refractivity contribution < 1.29 is 0 Å². The van der Waals surface area contributed by atoms with Crippen molar-refractivity contribution in [3.05, 3.63) is 16.0 Å². The van der Waals surface area contributed by atoms with Crippen molar-refractivity contribution in [2.75, 3.05) is 23.9 Å². The van der Waals surface area contributed by atoms with Crippen molar-refractivity contribution in [3.8, 4) is 0 Å². The van der Waals surface area contributed by atoms with Gasteiger partial charge in [-0.3, -0.25) is 0 Å². The lowest BCUT2D eigenvalue weighted by atomic mass is 9.96. The molecule has 1 aliphatic heterocycles. The Labute approximate surface area is 115 Å². The molecule has 1 aliphatic rings. The fourth-order valence-electron chi connectivity index (χ4n) is 2.11. The zero-order valence-corrected chi connectivity index (χ0v) is 12.0. The van der Waals surface area contributed by atoms with Crippen molar-refractivity contribution in [3.63, 3.8) is 0 Å². The third kappa shape index (κ3) is 3.20. The topological polar surface area (TPSA) is 29.0 Å². The fourth-order valence-corrected chi connectivity index (χ4v) is 2.69. The molecule has 2 rings (SSSR count). The maximum absolute atomic E-state index is 5.80. The zero-order valence-electron chi connectivity index (χ0n) is 9.07. The summed E-state index contributed by atoms with van der Waals surface area (Å²) in [5.41, 5.74) is 0. The molecule has 1 aromatic rings. The lowest BCUT2D eigenvalue weighted by Gasteiger charge is -2.32. The van der Waals surface area contributed by atoms with Gasteiger partial charge in [-0.15, -0.1) is 11.6 Å². The van der Waals surface area contributed by atoms with Gasteiger partial charge in [0, 0.05) is 34.9 Å². The number of halogens is 2. The van der Waals surface area contributed by atoms with Crippen LogP contribution in [-0.2, 0) is 0 Å². The summed E-state index contributed by atoms with van der Waals surface area (Å²) in [5, 5.41) is 0. The van der Waals surface area contributed by atoms with Crippen LogP contribution in [0.2, 0.25) is 0 Å². The zero-order chi connectivity index (χ0) is 11.4. The van der Waals surface area contributed by atoms with Crippen LogP contribution in [0.3, 0.4) is 0 Å². The lowest BCUT2D eigenvalue weighted by Crippen LogP contribution is -2.36. The molecule has 1 saturated heterocycles. The van der Waals surface area contributed by atoms with Gasteiger partial charge in [0.15, 0.2) is 0 Å². The van der Waals surface area contributed by atoms with Crippen molar-refractivity contribution in [1.29, 1.82) is 0 Å². The summed E-state index contributed by atoms with van der Waals surface area (Å²) in [5.74, 6) is 2.32. The summed E-state index contributed by atoms with van der Waals surface area (Å²) in [4.78, 5) is 11.0. The molecule has 0 aliphatic carbocycles. The molecule has 0 spiro atoms. The Kier molecular flexibility index (Phi) is 4.64. The van der Waals surface area contributed by atoms with E-state index in [1.807, 2.05) is 12.4 Å². The monoisotopic (exact) mass is 351 g/mol. The Morgan fingerprint density at radius 3 is 2.88 bits per heavy atom. The van der Waals surface area contributed by atoms with E-state index >= 15 is 0 Å². The maximum Gasteiger partial charge on any atom is 0.225 e. The highest BCUT2D eigenvalue weighted by Crippen LogP contribution is 2.22. The van der Waals surface area contributed by atoms with Gasteiger partial charge in [-0.1, -0.05) is 0 Å². The first kappa shape index (κ1) is 12.4. The molecule has 0 N–H and O–H groups in total. The van der Waals surface area contributed by atoms with Gasteiger partial charge in [-0.05, 0) is 47.8 Å². The third-order valence-corrected chi connectivity index (χ3v) is 3.70. The van der Waals surface area contributed by atoms with Gasteiger partial charge in [-0.25, -0.2) is 9.97 Å². The highest BCUT2D eigenvalue weighted by atomic mass is 127. The molecule has 0 radical (unpaired) electrons. The van der Waals surface area contributed by atoms with E-state index in [4.69, 9.17) is 11.6 Å². The quantitative estimate of drug-likeness (QED) is 0.619. The number of nitrogens with zero attached hydrogens (tertiary/aromatic N) is 3. The summed E-state index contributed by atoms with van der Waals surface area (Å²) in [6.45, 7) is 2.12. The van der Waals surface area contributed by atoms with Gasteiger partial charge < -0.3 is 4.90 Å². The normalized spacial score (nSPS) is 21.1. The second-order valence-electron chi connectivity index (χ2n) is 4.13. The van der Waals surface area contributed by atoms with Crippen molar-refractivity contribution >= 4 is 40.1 Å². The Morgan fingerprint density at radius 2 is 2.19 bits per heavy atom. The average molecular weight is 352 g/mol. The highest BCUT2D eigenvalue weighted by Gasteiger charge is 2.20. The summed E-state index contributed by atoms with van der Waals surface area (Å²) in [6, 6.07) is 0. The minimum absolute atomic E-state index is 0.703. The van der Waals surface area contributed by atoms with Gasteiger partial charge in [0.25, 0.3) is 0 Å². The molecule has 1 unspecified atom stereocenters. The number of rotatable bonds is 3. The van der Waals surface area contributed by atoms with Gasteiger partial charge in [-0.2, -0.15) is 0 Å². The fraction of sp³-hybridized carbons (Fsp3) is 0.636. The summed E-state index contributed by atoms with van der Waals surface area (Å²) >= 11 is 8.02. The Bertz CT molecular complexity index is 329. The second kappa shape index (κ2) is 6.00. The van der Waals surface area contributed by atoms with E-state index in [0.717, 1.165) is 34.9 Å². The molecule has 0 saturated carbocycles. The largest absolute Gasteiger partial charge is 0.341 e. The van der Waals surface area contributed by atoms with Crippen LogP contribution in [0, 0.1) is 9.49 Å². The van der Waals surface area contributed by atoms with Crippen molar-refractivity contribution in [1.82, 2.24) is 9.97 Å². The van der Waals surface area contributed by atoms with Crippen LogP contribution in [0.15, 0.2) is 12.4 Å². The smallest absolute Gasteiger partial charge is 0.225 e. The van der Waals surface area contributed by atoms with Crippen LogP contribution in [0.25, 0.3) is 0 Å². The summed E-state index contributed by atoms with van der Waals surface area (Å²) in [7, 11) is 0. The van der Waals surface area contributed by atoms with Crippen molar-refractivity contribution in [2.24, 2.45) is 5.92 Å². The van der Waals surface area contributed by atoms with E-state index in [1.165, 1.54) is 12.8 Å². The van der Waals surface area contributed by atoms with E-state index < -0.39 is 0 Å². The predicted molar refractivity (Wildman–Crippen MR) is 75.0 cm³/mol. The SMILES string of the molecule is ClCCC1CCCN(c2ncc(I)cn2)C1. The molecular weight excluding hydrogens is 336 g/mol. The van der Waals surface area contributed by atoms with Crippen LogP contribution in [0.1, 0.15) is 19.3 Å². The molecule has 1 fully saturated rings. The molecule has 2 heterocycles. The first-order valence-corrected chi connectivity index (χ1v) is 7.19. The molecule has 16 heavy (non-hydrogen) atoms. The van der Waals surface area contributed by atoms with E-state index in [9.17, 15) is 0 Å². The summed E-state index contributed by atoms with van der Waals surface area (Å²) in [6.07, 6.45) is 7.34. The molecule has 5 heteroatoms. The minimum Gasteiger partial charge on any atom is -0.341 e. The first-order valence-electron chi connectivity index (χ1n) is 5.58. The number of alkyl halides is 1.